The van der Waals surface area contributed by atoms with Crippen LogP contribution in [0.25, 0.3) is 22.2 Å². The van der Waals surface area contributed by atoms with Crippen LogP contribution in [0.3, 0.4) is 0 Å². The molecular formula is C22H26ClN3O4S. The molecule has 0 unspecified atom stereocenters. The number of nitriles is 1. The van der Waals surface area contributed by atoms with E-state index in [0.29, 0.717) is 29.3 Å². The summed E-state index contributed by atoms with van der Waals surface area (Å²) in [6, 6.07) is 14.8. The minimum absolute atomic E-state index is 0.0259. The second-order valence-corrected chi connectivity index (χ2v) is 8.95. The maximum absolute atomic E-state index is 12.0. The number of nitrogens with one attached hydrogen (secondary N) is 1. The molecule has 1 N–H and O–H groups in total. The van der Waals surface area contributed by atoms with Crippen molar-refractivity contribution in [3.8, 4) is 23.1 Å². The minimum atomic E-state index is -3.43. The fourth-order valence-electron chi connectivity index (χ4n) is 3.17. The third kappa shape index (κ3) is 5.91. The molecule has 0 spiro atoms. The van der Waals surface area contributed by atoms with E-state index in [9.17, 15) is 13.7 Å². The lowest BCUT2D eigenvalue weighted by atomic mass is 10.1. The summed E-state index contributed by atoms with van der Waals surface area (Å²) >= 11 is 5.57. The molecule has 0 saturated carbocycles. The Balaban J connectivity index is 0.00000107. The number of rotatable bonds is 7. The average Bonchev–Trinajstić information content (AvgIpc) is 3.04. The monoisotopic (exact) mass is 463 g/mol. The van der Waals surface area contributed by atoms with Crippen LogP contribution in [0.2, 0.25) is 0 Å². The molecule has 31 heavy (non-hydrogen) atoms. The Morgan fingerprint density at radius 1 is 1.13 bits per heavy atom. The number of methoxy groups -OCH3 is 2. The van der Waals surface area contributed by atoms with Gasteiger partial charge in [0.15, 0.2) is 0 Å². The highest BCUT2D eigenvalue weighted by Crippen LogP contribution is 2.34. The van der Waals surface area contributed by atoms with Crippen molar-refractivity contribution in [2.24, 2.45) is 7.05 Å². The van der Waals surface area contributed by atoms with Gasteiger partial charge in [-0.2, -0.15) is 5.26 Å². The zero-order chi connectivity index (χ0) is 23.0. The summed E-state index contributed by atoms with van der Waals surface area (Å²) in [5.41, 5.74) is 3.50. The number of benzene rings is 2. The molecule has 3 aromatic rings. The zero-order valence-electron chi connectivity index (χ0n) is 18.0. The van der Waals surface area contributed by atoms with Crippen molar-refractivity contribution in [3.63, 3.8) is 0 Å². The molecule has 0 aliphatic carbocycles. The molecule has 0 radical (unpaired) electrons. The number of nitrogens with zero attached hydrogens (tertiary/aromatic N) is 2. The van der Waals surface area contributed by atoms with Gasteiger partial charge >= 0.3 is 0 Å². The summed E-state index contributed by atoms with van der Waals surface area (Å²) in [5, 5.41) is 10.5. The highest BCUT2D eigenvalue weighted by atomic mass is 35.5. The lowest BCUT2D eigenvalue weighted by Gasteiger charge is -2.09. The Morgan fingerprint density at radius 2 is 1.77 bits per heavy atom. The van der Waals surface area contributed by atoms with Crippen molar-refractivity contribution in [2.45, 2.75) is 6.42 Å². The maximum atomic E-state index is 12.0. The zero-order valence-corrected chi connectivity index (χ0v) is 19.5. The van der Waals surface area contributed by atoms with Crippen LogP contribution < -0.4 is 9.46 Å². The highest BCUT2D eigenvalue weighted by molar-refractivity contribution is 7.92. The van der Waals surface area contributed by atoms with Gasteiger partial charge in [0.25, 0.3) is 0 Å². The van der Waals surface area contributed by atoms with Crippen LogP contribution in [0, 0.1) is 11.3 Å². The molecule has 0 fully saturated rings. The molecule has 7 nitrogen and oxygen atoms in total. The van der Waals surface area contributed by atoms with E-state index in [1.54, 1.807) is 45.6 Å². The number of hydrogen-bond donors (Lipinski definition) is 1. The number of alkyl halides is 1. The molecule has 166 valence electrons. The molecule has 9 heteroatoms. The second kappa shape index (κ2) is 11.0. The van der Waals surface area contributed by atoms with E-state index in [0.717, 1.165) is 22.2 Å². The number of sulfonamides is 1. The summed E-state index contributed by atoms with van der Waals surface area (Å²) in [7, 11) is 3.31. The summed E-state index contributed by atoms with van der Waals surface area (Å²) in [5.74, 6) is 0.982. The van der Waals surface area contributed by atoms with Gasteiger partial charge in [-0.15, -0.1) is 11.6 Å². The Labute approximate surface area is 188 Å². The topological polar surface area (TPSA) is 93.3 Å². The number of aryl methyl sites for hydroxylation is 1. The Bertz CT molecular complexity index is 1170. The van der Waals surface area contributed by atoms with Crippen LogP contribution in [0.5, 0.6) is 5.75 Å². The molecule has 2 aromatic carbocycles. The van der Waals surface area contributed by atoms with Gasteiger partial charge in [0.2, 0.25) is 10.0 Å². The van der Waals surface area contributed by atoms with Gasteiger partial charge in [0.1, 0.15) is 11.8 Å². The van der Waals surface area contributed by atoms with Crippen LogP contribution in [0.15, 0.2) is 42.5 Å². The van der Waals surface area contributed by atoms with Crippen LogP contribution in [-0.2, 0) is 21.8 Å². The summed E-state index contributed by atoms with van der Waals surface area (Å²) in [4.78, 5) is 0. The van der Waals surface area contributed by atoms with Crippen LogP contribution in [0.1, 0.15) is 12.0 Å². The normalized spacial score (nSPS) is 10.8. The summed E-state index contributed by atoms with van der Waals surface area (Å²) in [6.45, 7) is 0. The maximum Gasteiger partial charge on any atom is 0.232 e. The molecule has 0 aliphatic rings. The van der Waals surface area contributed by atoms with Crippen LogP contribution in [0.4, 0.5) is 5.69 Å². The smallest absolute Gasteiger partial charge is 0.232 e. The predicted molar refractivity (Wildman–Crippen MR) is 125 cm³/mol. The number of ether oxygens (including phenoxy) is 2. The molecule has 0 aliphatic heterocycles. The number of halogens is 1. The first-order valence-corrected chi connectivity index (χ1v) is 11.6. The molecule has 3 rings (SSSR count). The number of hydrogen-bond acceptors (Lipinski definition) is 5. The van der Waals surface area contributed by atoms with Crippen molar-refractivity contribution in [1.29, 1.82) is 5.26 Å². The van der Waals surface area contributed by atoms with E-state index >= 15 is 0 Å². The SMILES string of the molecule is COC.COc1ccc2c(C#N)c(-c3ccc(NS(=O)(=O)CCCCl)cc3)n(C)c2c1. The molecule has 0 saturated heterocycles. The number of aromatic nitrogens is 1. The fraction of sp³-hybridized carbons (Fsp3) is 0.318. The van der Waals surface area contributed by atoms with Crippen molar-refractivity contribution in [1.82, 2.24) is 4.57 Å². The van der Waals surface area contributed by atoms with E-state index in [1.807, 2.05) is 29.8 Å². The standard InChI is InChI=1S/C20H20ClN3O3S.C2H6O/c1-24-19-12-16(27-2)8-9-17(19)18(13-22)20(24)14-4-6-15(7-5-14)23-28(25,26)11-3-10-21;1-3-2/h4-9,12,23H,3,10-11H2,1-2H3;1-2H3. The lowest BCUT2D eigenvalue weighted by Crippen LogP contribution is -2.16. The Morgan fingerprint density at radius 3 is 2.32 bits per heavy atom. The predicted octanol–water partition coefficient (Wildman–Crippen LogP) is 4.36. The fourth-order valence-corrected chi connectivity index (χ4v) is 4.58. The van der Waals surface area contributed by atoms with Crippen molar-refractivity contribution < 1.29 is 17.9 Å². The Hall–Kier alpha value is -2.73. The van der Waals surface area contributed by atoms with Gasteiger partial charge in [-0.3, -0.25) is 4.72 Å². The molecule has 0 amide bonds. The summed E-state index contributed by atoms with van der Waals surface area (Å²) in [6.07, 6.45) is 0.389. The largest absolute Gasteiger partial charge is 0.497 e. The van der Waals surface area contributed by atoms with Gasteiger partial charge in [-0.1, -0.05) is 12.1 Å². The molecule has 1 aromatic heterocycles. The van der Waals surface area contributed by atoms with Crippen LogP contribution in [-0.4, -0.2) is 45.9 Å². The summed E-state index contributed by atoms with van der Waals surface area (Å²) < 4.78 is 38.1. The van der Waals surface area contributed by atoms with Crippen LogP contribution >= 0.6 is 11.6 Å². The molecule has 1 heterocycles. The molecule has 0 atom stereocenters. The number of anilines is 1. The first-order chi connectivity index (χ1) is 14.8. The van der Waals surface area contributed by atoms with Gasteiger partial charge in [0.05, 0.1) is 29.6 Å². The first-order valence-electron chi connectivity index (χ1n) is 9.45. The second-order valence-electron chi connectivity index (χ2n) is 6.73. The highest BCUT2D eigenvalue weighted by Gasteiger charge is 2.17. The number of fused-ring (bicyclic) bond motifs is 1. The van der Waals surface area contributed by atoms with Gasteiger partial charge in [0, 0.05) is 44.3 Å². The minimum Gasteiger partial charge on any atom is -0.497 e. The van der Waals surface area contributed by atoms with Crippen molar-refractivity contribution in [3.05, 3.63) is 48.0 Å². The Kier molecular flexibility index (Phi) is 8.75. The lowest BCUT2D eigenvalue weighted by molar-refractivity contribution is 0.277. The van der Waals surface area contributed by atoms with Crippen molar-refractivity contribution >= 4 is 38.2 Å². The molecular weight excluding hydrogens is 438 g/mol. The third-order valence-electron chi connectivity index (χ3n) is 4.50. The van der Waals surface area contributed by atoms with Crippen molar-refractivity contribution in [2.75, 3.05) is 37.7 Å². The van der Waals surface area contributed by atoms with Gasteiger partial charge in [-0.25, -0.2) is 8.42 Å². The molecule has 0 bridgehead atoms. The quantitative estimate of drug-likeness (QED) is 0.525. The first kappa shape index (κ1) is 24.5. The third-order valence-corrected chi connectivity index (χ3v) is 6.14. The average molecular weight is 464 g/mol. The van der Waals surface area contributed by atoms with Gasteiger partial charge < -0.3 is 14.0 Å². The van der Waals surface area contributed by atoms with E-state index in [2.05, 4.69) is 15.5 Å². The van der Waals surface area contributed by atoms with E-state index in [4.69, 9.17) is 16.3 Å². The van der Waals surface area contributed by atoms with E-state index in [1.165, 1.54) is 0 Å². The van der Waals surface area contributed by atoms with E-state index < -0.39 is 10.0 Å². The van der Waals surface area contributed by atoms with E-state index in [-0.39, 0.29) is 5.75 Å². The van der Waals surface area contributed by atoms with Gasteiger partial charge in [-0.05, 0) is 36.2 Å².